The van der Waals surface area contributed by atoms with Crippen LogP contribution in [0.25, 0.3) is 0 Å². The Kier molecular flexibility index (Phi) is 9.33. The number of carbonyl (C=O) groups excluding carboxylic acids is 1. The van der Waals surface area contributed by atoms with E-state index in [2.05, 4.69) is 25.8 Å². The third-order valence-electron chi connectivity index (χ3n) is 5.18. The molecule has 2 atom stereocenters. The molecule has 29 heavy (non-hydrogen) atoms. The van der Waals surface area contributed by atoms with E-state index in [1.54, 1.807) is 25.3 Å². The maximum Gasteiger partial charge on any atom is 0.259 e. The molecule has 1 amide bonds. The largest absolute Gasteiger partial charge is 0.493 e. The first-order valence-electron chi connectivity index (χ1n) is 10.5. The summed E-state index contributed by atoms with van der Waals surface area (Å²) >= 11 is 0. The standard InChI is InChI=1S/C22H36N2O5/c1-6-7-8-11-28-19-9-10-23-18(13-19)14-22(29-16-27-5)20(12-17(2)3)24(15-26-4)21(22)25/h9-10,13,17,20H,6-8,11-12,14-16H2,1-5H3. The fourth-order valence-corrected chi connectivity index (χ4v) is 3.78. The molecular formula is C22H36N2O5. The third kappa shape index (κ3) is 5.90. The van der Waals surface area contributed by atoms with Gasteiger partial charge in [-0.3, -0.25) is 9.78 Å². The lowest BCUT2D eigenvalue weighted by molar-refractivity contribution is -0.235. The van der Waals surface area contributed by atoms with E-state index in [0.29, 0.717) is 18.9 Å². The van der Waals surface area contributed by atoms with Gasteiger partial charge in [0.15, 0.2) is 5.60 Å². The summed E-state index contributed by atoms with van der Waals surface area (Å²) in [6, 6.07) is 3.66. The molecule has 0 N–H and O–H groups in total. The van der Waals surface area contributed by atoms with Crippen LogP contribution in [0.4, 0.5) is 0 Å². The van der Waals surface area contributed by atoms with Gasteiger partial charge in [-0.05, 0) is 24.8 Å². The predicted octanol–water partition coefficient (Wildman–Crippen LogP) is 3.41. The zero-order valence-electron chi connectivity index (χ0n) is 18.5. The highest BCUT2D eigenvalue weighted by atomic mass is 16.7. The van der Waals surface area contributed by atoms with Crippen molar-refractivity contribution in [3.63, 3.8) is 0 Å². The van der Waals surface area contributed by atoms with Crippen molar-refractivity contribution >= 4 is 5.91 Å². The number of unbranched alkanes of at least 4 members (excludes halogenated alkanes) is 2. The molecule has 0 radical (unpaired) electrons. The monoisotopic (exact) mass is 408 g/mol. The van der Waals surface area contributed by atoms with Crippen LogP contribution in [-0.2, 0) is 25.4 Å². The number of pyridine rings is 1. The predicted molar refractivity (Wildman–Crippen MR) is 111 cm³/mol. The Morgan fingerprint density at radius 3 is 2.69 bits per heavy atom. The van der Waals surface area contributed by atoms with Gasteiger partial charge in [-0.25, -0.2) is 0 Å². The molecule has 1 aromatic heterocycles. The number of rotatable bonds is 14. The van der Waals surface area contributed by atoms with Gasteiger partial charge < -0.3 is 23.8 Å². The fraction of sp³-hybridized carbons (Fsp3) is 0.727. The van der Waals surface area contributed by atoms with Crippen LogP contribution in [-0.4, -0.2) is 61.8 Å². The molecular weight excluding hydrogens is 372 g/mol. The summed E-state index contributed by atoms with van der Waals surface area (Å²) in [5.74, 6) is 1.09. The molecule has 0 saturated carbocycles. The molecule has 7 heteroatoms. The molecule has 2 rings (SSSR count). The lowest BCUT2D eigenvalue weighted by Crippen LogP contribution is -2.76. The normalized spacial score (nSPS) is 21.5. The Bertz CT molecular complexity index is 639. The zero-order valence-corrected chi connectivity index (χ0v) is 18.5. The molecule has 164 valence electrons. The molecule has 1 aromatic rings. The minimum absolute atomic E-state index is 0.0500. The van der Waals surface area contributed by atoms with E-state index < -0.39 is 5.60 Å². The number of carbonyl (C=O) groups is 1. The van der Waals surface area contributed by atoms with Crippen molar-refractivity contribution in [2.24, 2.45) is 5.92 Å². The van der Waals surface area contributed by atoms with E-state index in [-0.39, 0.29) is 25.5 Å². The Labute approximate surface area is 174 Å². The summed E-state index contributed by atoms with van der Waals surface area (Å²) in [5, 5.41) is 0. The van der Waals surface area contributed by atoms with Gasteiger partial charge in [-0.2, -0.15) is 0 Å². The first kappa shape index (κ1) is 23.6. The Hall–Kier alpha value is -1.70. The zero-order chi connectivity index (χ0) is 21.3. The van der Waals surface area contributed by atoms with E-state index in [1.807, 2.05) is 12.1 Å². The van der Waals surface area contributed by atoms with Crippen LogP contribution < -0.4 is 4.74 Å². The summed E-state index contributed by atoms with van der Waals surface area (Å²) in [4.78, 5) is 19.3. The average Bonchev–Trinajstić information content (AvgIpc) is 2.71. The highest BCUT2D eigenvalue weighted by Gasteiger charge is 2.61. The van der Waals surface area contributed by atoms with E-state index in [1.165, 1.54) is 0 Å². The topological polar surface area (TPSA) is 70.1 Å². The molecule has 1 saturated heterocycles. The minimum atomic E-state index is -0.993. The summed E-state index contributed by atoms with van der Waals surface area (Å²) in [5.41, 5.74) is -0.222. The van der Waals surface area contributed by atoms with Gasteiger partial charge in [0.1, 0.15) is 19.3 Å². The summed E-state index contributed by atoms with van der Waals surface area (Å²) in [6.45, 7) is 7.42. The molecule has 2 heterocycles. The number of aromatic nitrogens is 1. The maximum absolute atomic E-state index is 13.1. The van der Waals surface area contributed by atoms with Crippen molar-refractivity contribution in [2.75, 3.05) is 34.4 Å². The maximum atomic E-state index is 13.1. The molecule has 2 unspecified atom stereocenters. The van der Waals surface area contributed by atoms with Gasteiger partial charge >= 0.3 is 0 Å². The van der Waals surface area contributed by atoms with Gasteiger partial charge in [-0.1, -0.05) is 33.6 Å². The second-order valence-corrected chi connectivity index (χ2v) is 7.99. The molecule has 0 spiro atoms. The van der Waals surface area contributed by atoms with Gasteiger partial charge in [-0.15, -0.1) is 0 Å². The molecule has 0 bridgehead atoms. The van der Waals surface area contributed by atoms with Crippen molar-refractivity contribution in [2.45, 2.75) is 64.5 Å². The van der Waals surface area contributed by atoms with Crippen LogP contribution in [0.3, 0.4) is 0 Å². The van der Waals surface area contributed by atoms with Gasteiger partial charge in [0.25, 0.3) is 5.91 Å². The summed E-state index contributed by atoms with van der Waals surface area (Å²) < 4.78 is 22.3. The second-order valence-electron chi connectivity index (χ2n) is 7.99. The number of hydrogen-bond acceptors (Lipinski definition) is 6. The molecule has 0 aliphatic carbocycles. The minimum Gasteiger partial charge on any atom is -0.493 e. The van der Waals surface area contributed by atoms with Gasteiger partial charge in [0.2, 0.25) is 0 Å². The molecule has 7 nitrogen and oxygen atoms in total. The fourth-order valence-electron chi connectivity index (χ4n) is 3.78. The van der Waals surface area contributed by atoms with E-state index >= 15 is 0 Å². The van der Waals surface area contributed by atoms with E-state index in [9.17, 15) is 4.79 Å². The number of methoxy groups -OCH3 is 2. The van der Waals surface area contributed by atoms with Crippen LogP contribution in [0.5, 0.6) is 5.75 Å². The number of likely N-dealkylation sites (tertiary alicyclic amines) is 1. The highest BCUT2D eigenvalue weighted by Crippen LogP contribution is 2.41. The molecule has 0 aromatic carbocycles. The van der Waals surface area contributed by atoms with Crippen molar-refractivity contribution in [1.82, 2.24) is 9.88 Å². The molecule has 1 aliphatic heterocycles. The van der Waals surface area contributed by atoms with Crippen LogP contribution in [0.15, 0.2) is 18.3 Å². The number of amides is 1. The number of hydrogen-bond donors (Lipinski definition) is 0. The van der Waals surface area contributed by atoms with Crippen molar-refractivity contribution in [3.8, 4) is 5.75 Å². The second kappa shape index (κ2) is 11.5. The van der Waals surface area contributed by atoms with Crippen LogP contribution in [0.2, 0.25) is 0 Å². The average molecular weight is 409 g/mol. The summed E-state index contributed by atoms with van der Waals surface area (Å²) in [6.07, 6.45) is 6.23. The van der Waals surface area contributed by atoms with E-state index in [0.717, 1.165) is 37.1 Å². The lowest BCUT2D eigenvalue weighted by atomic mass is 9.75. The number of nitrogens with zero attached hydrogens (tertiary/aromatic N) is 2. The molecule has 1 aliphatic rings. The number of ether oxygens (including phenoxy) is 4. The van der Waals surface area contributed by atoms with Gasteiger partial charge in [0.05, 0.1) is 12.6 Å². The van der Waals surface area contributed by atoms with Crippen LogP contribution >= 0.6 is 0 Å². The SMILES string of the molecule is CCCCCOc1ccnc(CC2(OCOC)C(=O)N(COC)C2CC(C)C)c1. The quantitative estimate of drug-likeness (QED) is 0.267. The Morgan fingerprint density at radius 2 is 2.03 bits per heavy atom. The number of β-lactam (4-membered cyclic amide) rings is 1. The summed E-state index contributed by atoms with van der Waals surface area (Å²) in [7, 11) is 3.15. The first-order valence-corrected chi connectivity index (χ1v) is 10.5. The Balaban J connectivity index is 2.20. The van der Waals surface area contributed by atoms with Crippen molar-refractivity contribution in [3.05, 3.63) is 24.0 Å². The highest BCUT2D eigenvalue weighted by molar-refractivity contribution is 5.93. The first-order chi connectivity index (χ1) is 14.0. The van der Waals surface area contributed by atoms with Crippen molar-refractivity contribution < 1.29 is 23.7 Å². The molecule has 1 fully saturated rings. The van der Waals surface area contributed by atoms with Crippen molar-refractivity contribution in [1.29, 1.82) is 0 Å². The van der Waals surface area contributed by atoms with E-state index in [4.69, 9.17) is 18.9 Å². The lowest BCUT2D eigenvalue weighted by Gasteiger charge is -2.55. The van der Waals surface area contributed by atoms with Crippen LogP contribution in [0.1, 0.15) is 52.1 Å². The van der Waals surface area contributed by atoms with Crippen LogP contribution in [0, 0.1) is 5.92 Å². The third-order valence-corrected chi connectivity index (χ3v) is 5.18. The van der Waals surface area contributed by atoms with Gasteiger partial charge in [0, 0.05) is 38.6 Å². The smallest absolute Gasteiger partial charge is 0.259 e. The Morgan fingerprint density at radius 1 is 1.24 bits per heavy atom.